The van der Waals surface area contributed by atoms with Gasteiger partial charge in [-0.3, -0.25) is 0 Å². The maximum Gasteiger partial charge on any atom is 2.00 e. The van der Waals surface area contributed by atoms with Gasteiger partial charge in [-0.2, -0.15) is 0 Å². The van der Waals surface area contributed by atoms with Crippen LogP contribution in [-0.2, 0) is 48.1 Å². The maximum absolute atomic E-state index is 11.0. The topological polar surface area (TPSA) is 133 Å². The second-order valence-electron chi connectivity index (χ2n) is 7.40. The summed E-state index contributed by atoms with van der Waals surface area (Å²) in [6.45, 7) is 9.03. The molecule has 0 saturated carbocycles. The number of esters is 2. The Morgan fingerprint density at radius 1 is 0.667 bits per heavy atom. The standard InChI is InChI=1S/2C12H20O4.Zn/c2*1-3-5-6-10(4-2)9-16-12(15)8-7-11(13)14;/h2*7-8,10H,3-6,9H2,1-2H3,(H,13,14);/q;;+2/p-2/b2*8-7-;. The monoisotopic (exact) mass is 518 g/mol. The van der Waals surface area contributed by atoms with Gasteiger partial charge in [0.1, 0.15) is 0 Å². The first kappa shape index (κ1) is 35.6. The average Bonchev–Trinajstić information content (AvgIpc) is 2.76. The summed E-state index contributed by atoms with van der Waals surface area (Å²) in [4.78, 5) is 42.2. The molecule has 2 atom stereocenters. The first-order valence-corrected chi connectivity index (χ1v) is 11.3. The van der Waals surface area contributed by atoms with E-state index in [1.165, 1.54) is 0 Å². The predicted molar refractivity (Wildman–Crippen MR) is 117 cm³/mol. The second-order valence-corrected chi connectivity index (χ2v) is 7.40. The smallest absolute Gasteiger partial charge is 0.545 e. The van der Waals surface area contributed by atoms with E-state index >= 15 is 0 Å². The third-order valence-electron chi connectivity index (χ3n) is 4.72. The number of unbranched alkanes of at least 4 members (excludes halogenated alkanes) is 2. The molecule has 0 aliphatic heterocycles. The minimum absolute atomic E-state index is 0. The van der Waals surface area contributed by atoms with Gasteiger partial charge in [0.05, 0.1) is 25.2 Å². The third-order valence-corrected chi connectivity index (χ3v) is 4.72. The molecule has 0 aliphatic rings. The number of ether oxygens (including phenoxy) is 2. The fourth-order valence-corrected chi connectivity index (χ4v) is 2.56. The Hall–Kier alpha value is -2.02. The van der Waals surface area contributed by atoms with Gasteiger partial charge in [-0.05, 0) is 36.8 Å². The molecule has 0 bridgehead atoms. The van der Waals surface area contributed by atoms with E-state index in [0.29, 0.717) is 37.2 Å². The van der Waals surface area contributed by atoms with Gasteiger partial charge in [-0.25, -0.2) is 9.59 Å². The summed E-state index contributed by atoms with van der Waals surface area (Å²) in [6.07, 6.45) is 11.6. The Kier molecular flexibility index (Phi) is 26.5. The summed E-state index contributed by atoms with van der Waals surface area (Å²) in [6, 6.07) is 0. The molecule has 0 spiro atoms. The van der Waals surface area contributed by atoms with Crippen LogP contribution in [0.15, 0.2) is 24.3 Å². The molecule has 0 aliphatic carbocycles. The molecule has 0 aromatic carbocycles. The van der Waals surface area contributed by atoms with Crippen molar-refractivity contribution < 1.29 is 58.3 Å². The molecule has 8 nitrogen and oxygen atoms in total. The van der Waals surface area contributed by atoms with Crippen LogP contribution in [0.3, 0.4) is 0 Å². The van der Waals surface area contributed by atoms with Crippen LogP contribution in [0.4, 0.5) is 0 Å². The Morgan fingerprint density at radius 2 is 1.00 bits per heavy atom. The van der Waals surface area contributed by atoms with Crippen molar-refractivity contribution in [1.82, 2.24) is 0 Å². The summed E-state index contributed by atoms with van der Waals surface area (Å²) in [7, 11) is 0. The predicted octanol–water partition coefficient (Wildman–Crippen LogP) is 2.10. The molecule has 0 saturated heterocycles. The van der Waals surface area contributed by atoms with E-state index in [9.17, 15) is 29.4 Å². The molecule has 0 fully saturated rings. The minimum atomic E-state index is -1.39. The molecule has 0 aromatic rings. The first-order chi connectivity index (χ1) is 15.2. The van der Waals surface area contributed by atoms with Crippen LogP contribution in [0.25, 0.3) is 0 Å². The SMILES string of the molecule is CCCCC(CC)COC(=O)/C=C\C(=O)[O-].CCCCC(CC)COC(=O)/C=C\C(=O)[O-].[Zn+2]. The van der Waals surface area contributed by atoms with E-state index in [1.54, 1.807) is 0 Å². The van der Waals surface area contributed by atoms with Gasteiger partial charge >= 0.3 is 31.4 Å². The quantitative estimate of drug-likeness (QED) is 0.172. The van der Waals surface area contributed by atoms with Crippen molar-refractivity contribution in [2.45, 2.75) is 79.1 Å². The van der Waals surface area contributed by atoms with Crippen molar-refractivity contribution in [2.75, 3.05) is 13.2 Å². The number of carbonyl (C=O) groups excluding carboxylic acids is 4. The third kappa shape index (κ3) is 26.1. The van der Waals surface area contributed by atoms with Crippen LogP contribution in [0.1, 0.15) is 79.1 Å². The maximum atomic E-state index is 11.0. The van der Waals surface area contributed by atoms with Gasteiger partial charge in [0, 0.05) is 12.2 Å². The zero-order valence-electron chi connectivity index (χ0n) is 20.5. The molecule has 33 heavy (non-hydrogen) atoms. The molecule has 0 heterocycles. The van der Waals surface area contributed by atoms with Gasteiger partial charge in [-0.1, -0.05) is 66.2 Å². The Balaban J connectivity index is -0.000000529. The Morgan fingerprint density at radius 3 is 1.24 bits per heavy atom. The zero-order chi connectivity index (χ0) is 24.8. The van der Waals surface area contributed by atoms with Crippen LogP contribution in [0.2, 0.25) is 0 Å². The van der Waals surface area contributed by atoms with Crippen molar-refractivity contribution in [3.05, 3.63) is 24.3 Å². The van der Waals surface area contributed by atoms with E-state index in [4.69, 9.17) is 9.47 Å². The van der Waals surface area contributed by atoms with Gasteiger partial charge in [-0.15, -0.1) is 0 Å². The molecule has 0 rings (SSSR count). The number of hydrogen-bond acceptors (Lipinski definition) is 8. The number of hydrogen-bond donors (Lipinski definition) is 0. The van der Waals surface area contributed by atoms with Crippen molar-refractivity contribution in [3.8, 4) is 0 Å². The zero-order valence-corrected chi connectivity index (χ0v) is 23.5. The summed E-state index contributed by atoms with van der Waals surface area (Å²) >= 11 is 0. The minimum Gasteiger partial charge on any atom is -0.545 e. The van der Waals surface area contributed by atoms with Gasteiger partial charge in [0.15, 0.2) is 0 Å². The van der Waals surface area contributed by atoms with Crippen molar-refractivity contribution in [2.24, 2.45) is 11.8 Å². The normalized spacial score (nSPS) is 12.2. The Bertz CT molecular complexity index is 549. The fourth-order valence-electron chi connectivity index (χ4n) is 2.56. The molecular weight excluding hydrogens is 482 g/mol. The van der Waals surface area contributed by atoms with Crippen LogP contribution >= 0.6 is 0 Å². The molecule has 184 valence electrons. The van der Waals surface area contributed by atoms with Crippen LogP contribution in [0, 0.1) is 11.8 Å². The van der Waals surface area contributed by atoms with Crippen molar-refractivity contribution >= 4 is 23.9 Å². The van der Waals surface area contributed by atoms with E-state index in [-0.39, 0.29) is 19.5 Å². The number of rotatable bonds is 16. The molecule has 0 aromatic heterocycles. The number of carboxylic acids is 2. The number of carboxylic acid groups (broad SMARTS) is 2. The van der Waals surface area contributed by atoms with E-state index in [1.807, 2.05) is 13.8 Å². The largest absolute Gasteiger partial charge is 2.00 e. The number of aliphatic carboxylic acids is 2. The molecule has 0 N–H and O–H groups in total. The summed E-state index contributed by atoms with van der Waals surface area (Å²) < 4.78 is 9.85. The van der Waals surface area contributed by atoms with E-state index < -0.39 is 23.9 Å². The Labute approximate surface area is 210 Å². The fraction of sp³-hybridized carbons (Fsp3) is 0.667. The summed E-state index contributed by atoms with van der Waals surface area (Å²) in [5, 5.41) is 20.1. The van der Waals surface area contributed by atoms with Crippen LogP contribution in [-0.4, -0.2) is 37.1 Å². The summed E-state index contributed by atoms with van der Waals surface area (Å²) in [5.41, 5.74) is 0. The van der Waals surface area contributed by atoms with Gasteiger partial charge < -0.3 is 29.3 Å². The van der Waals surface area contributed by atoms with Crippen LogP contribution in [0.5, 0.6) is 0 Å². The molecule has 0 radical (unpaired) electrons. The summed E-state index contributed by atoms with van der Waals surface area (Å²) in [5.74, 6) is -3.32. The molecule has 2 unspecified atom stereocenters. The molecule has 9 heteroatoms. The van der Waals surface area contributed by atoms with Crippen molar-refractivity contribution in [3.63, 3.8) is 0 Å². The van der Waals surface area contributed by atoms with Gasteiger partial charge in [0.25, 0.3) is 0 Å². The average molecular weight is 520 g/mol. The molecule has 0 amide bonds. The van der Waals surface area contributed by atoms with Crippen molar-refractivity contribution in [1.29, 1.82) is 0 Å². The number of carbonyl (C=O) groups is 4. The second kappa shape index (κ2) is 24.6. The van der Waals surface area contributed by atoms with Gasteiger partial charge in [0.2, 0.25) is 0 Å². The van der Waals surface area contributed by atoms with E-state index in [0.717, 1.165) is 63.5 Å². The molecular formula is C24H38O8Zn. The first-order valence-electron chi connectivity index (χ1n) is 11.3. The van der Waals surface area contributed by atoms with Crippen LogP contribution < -0.4 is 10.2 Å². The van der Waals surface area contributed by atoms with E-state index in [2.05, 4.69) is 13.8 Å².